The molecule has 0 saturated carbocycles. The van der Waals surface area contributed by atoms with Gasteiger partial charge in [-0.25, -0.2) is 14.4 Å². The molecule has 0 fully saturated rings. The van der Waals surface area contributed by atoms with Crippen LogP contribution in [-0.2, 0) is 0 Å². The van der Waals surface area contributed by atoms with Gasteiger partial charge in [0.05, 0.1) is 4.92 Å². The van der Waals surface area contributed by atoms with Crippen molar-refractivity contribution < 1.29 is 18.5 Å². The second-order valence-electron chi connectivity index (χ2n) is 3.54. The van der Waals surface area contributed by atoms with Crippen LogP contribution in [0.25, 0.3) is 0 Å². The third-order valence-corrected chi connectivity index (χ3v) is 2.29. The Morgan fingerprint density at radius 3 is 2.50 bits per heavy atom. The fourth-order valence-corrected chi connectivity index (χ4v) is 1.42. The largest absolute Gasteiger partial charge is 0.305 e. The standard InChI is InChI=1S/C11H6F2N4O3/c12-6-2-3-7(17(19)20)9(13)8(6)10(18)16-11-14-4-1-5-15-11/h1-5H,(H,14,15,16,18). The molecule has 1 heterocycles. The molecular formula is C11H6F2N4O3. The average molecular weight is 280 g/mol. The molecule has 7 nitrogen and oxygen atoms in total. The second kappa shape index (κ2) is 5.34. The Kier molecular flexibility index (Phi) is 3.60. The summed E-state index contributed by atoms with van der Waals surface area (Å²) in [5.74, 6) is -4.16. The number of anilines is 1. The van der Waals surface area contributed by atoms with E-state index in [9.17, 15) is 23.7 Å². The average Bonchev–Trinajstić information content (AvgIpc) is 2.39. The van der Waals surface area contributed by atoms with Gasteiger partial charge in [-0.15, -0.1) is 0 Å². The fraction of sp³-hybridized carbons (Fsp3) is 0. The number of halogens is 2. The first-order valence-electron chi connectivity index (χ1n) is 5.21. The number of rotatable bonds is 3. The topological polar surface area (TPSA) is 98.0 Å². The number of amides is 1. The fourth-order valence-electron chi connectivity index (χ4n) is 1.42. The molecule has 1 amide bonds. The molecule has 0 atom stereocenters. The summed E-state index contributed by atoms with van der Waals surface area (Å²) < 4.78 is 27.2. The number of aromatic nitrogens is 2. The second-order valence-corrected chi connectivity index (χ2v) is 3.54. The summed E-state index contributed by atoms with van der Waals surface area (Å²) in [5, 5.41) is 12.6. The van der Waals surface area contributed by atoms with Crippen LogP contribution >= 0.6 is 0 Å². The lowest BCUT2D eigenvalue weighted by atomic mass is 10.1. The highest BCUT2D eigenvalue weighted by molar-refractivity contribution is 6.04. The van der Waals surface area contributed by atoms with Crippen LogP contribution in [-0.4, -0.2) is 20.8 Å². The van der Waals surface area contributed by atoms with E-state index in [0.717, 1.165) is 0 Å². The zero-order valence-corrected chi connectivity index (χ0v) is 9.71. The van der Waals surface area contributed by atoms with Gasteiger partial charge in [0.15, 0.2) is 0 Å². The third kappa shape index (κ3) is 2.55. The Morgan fingerprint density at radius 1 is 1.25 bits per heavy atom. The summed E-state index contributed by atoms with van der Waals surface area (Å²) in [5.41, 5.74) is -2.06. The Bertz CT molecular complexity index is 679. The summed E-state index contributed by atoms with van der Waals surface area (Å²) in [7, 11) is 0. The van der Waals surface area contributed by atoms with Gasteiger partial charge in [0, 0.05) is 18.5 Å². The molecule has 1 aromatic carbocycles. The molecule has 1 aromatic heterocycles. The number of nitro benzene ring substituents is 1. The normalized spacial score (nSPS) is 10.1. The minimum atomic E-state index is -1.55. The van der Waals surface area contributed by atoms with Gasteiger partial charge in [0.1, 0.15) is 11.4 Å². The van der Waals surface area contributed by atoms with Gasteiger partial charge in [-0.05, 0) is 12.1 Å². The van der Waals surface area contributed by atoms with Crippen molar-refractivity contribution >= 4 is 17.5 Å². The van der Waals surface area contributed by atoms with Crippen LogP contribution in [0.15, 0.2) is 30.6 Å². The predicted octanol–water partition coefficient (Wildman–Crippen LogP) is 1.92. The highest BCUT2D eigenvalue weighted by Gasteiger charge is 2.26. The molecule has 2 aromatic rings. The Labute approximate surface area is 110 Å². The van der Waals surface area contributed by atoms with Gasteiger partial charge < -0.3 is 0 Å². The van der Waals surface area contributed by atoms with Crippen LogP contribution in [0.1, 0.15) is 10.4 Å². The molecule has 0 radical (unpaired) electrons. The van der Waals surface area contributed by atoms with Crippen molar-refractivity contribution in [1.82, 2.24) is 9.97 Å². The van der Waals surface area contributed by atoms with Crippen molar-refractivity contribution in [2.24, 2.45) is 0 Å². The summed E-state index contributed by atoms with van der Waals surface area (Å²) >= 11 is 0. The van der Waals surface area contributed by atoms with E-state index in [4.69, 9.17) is 0 Å². The molecule has 0 saturated heterocycles. The van der Waals surface area contributed by atoms with Crippen molar-refractivity contribution in [2.75, 3.05) is 5.32 Å². The molecule has 0 unspecified atom stereocenters. The van der Waals surface area contributed by atoms with E-state index in [1.807, 2.05) is 5.32 Å². The van der Waals surface area contributed by atoms with Gasteiger partial charge in [-0.3, -0.25) is 20.2 Å². The first-order valence-corrected chi connectivity index (χ1v) is 5.21. The summed E-state index contributed by atoms with van der Waals surface area (Å²) in [6.07, 6.45) is 2.62. The lowest BCUT2D eigenvalue weighted by Gasteiger charge is -2.05. The lowest BCUT2D eigenvalue weighted by molar-refractivity contribution is -0.387. The van der Waals surface area contributed by atoms with E-state index < -0.39 is 33.7 Å². The van der Waals surface area contributed by atoms with Crippen molar-refractivity contribution in [3.63, 3.8) is 0 Å². The first-order chi connectivity index (χ1) is 9.50. The Morgan fingerprint density at radius 2 is 1.90 bits per heavy atom. The summed E-state index contributed by atoms with van der Waals surface area (Å²) in [6, 6.07) is 2.76. The zero-order chi connectivity index (χ0) is 14.7. The lowest BCUT2D eigenvalue weighted by Crippen LogP contribution is -2.18. The number of nitrogens with one attached hydrogen (secondary N) is 1. The smallest absolute Gasteiger partial charge is 0.290 e. The highest BCUT2D eigenvalue weighted by atomic mass is 19.1. The molecule has 0 bridgehead atoms. The molecule has 0 spiro atoms. The molecule has 20 heavy (non-hydrogen) atoms. The first kappa shape index (κ1) is 13.5. The molecule has 0 aliphatic rings. The van der Waals surface area contributed by atoms with Crippen molar-refractivity contribution in [2.45, 2.75) is 0 Å². The van der Waals surface area contributed by atoms with Crippen LogP contribution in [0, 0.1) is 21.7 Å². The maximum Gasteiger partial charge on any atom is 0.305 e. The maximum absolute atomic E-state index is 13.8. The summed E-state index contributed by atoms with van der Waals surface area (Å²) in [6.45, 7) is 0. The molecule has 2 rings (SSSR count). The van der Waals surface area contributed by atoms with E-state index >= 15 is 0 Å². The minimum absolute atomic E-state index is 0.178. The number of carbonyl (C=O) groups excluding carboxylic acids is 1. The summed E-state index contributed by atoms with van der Waals surface area (Å²) in [4.78, 5) is 28.5. The minimum Gasteiger partial charge on any atom is -0.290 e. The number of hydrogen-bond donors (Lipinski definition) is 1. The number of nitro groups is 1. The van der Waals surface area contributed by atoms with E-state index in [2.05, 4.69) is 9.97 Å². The van der Waals surface area contributed by atoms with Gasteiger partial charge in [-0.2, -0.15) is 4.39 Å². The maximum atomic E-state index is 13.8. The molecule has 0 aliphatic carbocycles. The SMILES string of the molecule is O=C(Nc1ncccn1)c1c(F)ccc([N+](=O)[O-])c1F. The van der Waals surface area contributed by atoms with Gasteiger partial charge in [0.25, 0.3) is 5.91 Å². The Balaban J connectivity index is 2.39. The monoisotopic (exact) mass is 280 g/mol. The van der Waals surface area contributed by atoms with Gasteiger partial charge >= 0.3 is 5.69 Å². The van der Waals surface area contributed by atoms with Gasteiger partial charge in [0.2, 0.25) is 11.8 Å². The number of carbonyl (C=O) groups is 1. The quantitative estimate of drug-likeness (QED) is 0.684. The molecular weight excluding hydrogens is 274 g/mol. The number of benzene rings is 1. The molecule has 0 aliphatic heterocycles. The van der Waals surface area contributed by atoms with Crippen LogP contribution < -0.4 is 5.32 Å². The van der Waals surface area contributed by atoms with Crippen molar-refractivity contribution in [3.05, 3.63) is 57.9 Å². The van der Waals surface area contributed by atoms with Crippen LogP contribution in [0.4, 0.5) is 20.4 Å². The molecule has 1 N–H and O–H groups in total. The van der Waals surface area contributed by atoms with Crippen LogP contribution in [0.3, 0.4) is 0 Å². The van der Waals surface area contributed by atoms with E-state index in [0.29, 0.717) is 12.1 Å². The van der Waals surface area contributed by atoms with E-state index in [1.165, 1.54) is 18.5 Å². The zero-order valence-electron chi connectivity index (χ0n) is 9.71. The number of hydrogen-bond acceptors (Lipinski definition) is 5. The van der Waals surface area contributed by atoms with Crippen LogP contribution in [0.2, 0.25) is 0 Å². The number of nitrogens with zero attached hydrogens (tertiary/aromatic N) is 3. The molecule has 9 heteroatoms. The molecule has 102 valence electrons. The highest BCUT2D eigenvalue weighted by Crippen LogP contribution is 2.23. The Hall–Kier alpha value is -2.97. The van der Waals surface area contributed by atoms with E-state index in [-0.39, 0.29) is 5.95 Å². The van der Waals surface area contributed by atoms with Gasteiger partial charge in [-0.1, -0.05) is 0 Å². The van der Waals surface area contributed by atoms with Crippen LogP contribution in [0.5, 0.6) is 0 Å². The van der Waals surface area contributed by atoms with Crippen molar-refractivity contribution in [1.29, 1.82) is 0 Å². The van der Waals surface area contributed by atoms with Crippen molar-refractivity contribution in [3.8, 4) is 0 Å². The predicted molar refractivity (Wildman–Crippen MR) is 63.0 cm³/mol. The van der Waals surface area contributed by atoms with E-state index in [1.54, 1.807) is 0 Å². The third-order valence-electron chi connectivity index (χ3n) is 2.29.